The third kappa shape index (κ3) is 17.2. The SMILES string of the molecule is CCCc1ccccc1.CCOC(=O)CBr.CCOC(=O)CN(C)Cc1ccccc1. The van der Waals surface area contributed by atoms with Gasteiger partial charge in [0.1, 0.15) is 5.33 Å². The van der Waals surface area contributed by atoms with Crippen molar-refractivity contribution in [1.82, 2.24) is 4.90 Å². The summed E-state index contributed by atoms with van der Waals surface area (Å²) in [5, 5.41) is 0.292. The van der Waals surface area contributed by atoms with Crippen LogP contribution in [0.3, 0.4) is 0 Å². The van der Waals surface area contributed by atoms with Gasteiger partial charge in [-0.2, -0.15) is 0 Å². The van der Waals surface area contributed by atoms with Gasteiger partial charge in [-0.25, -0.2) is 0 Å². The molecular weight excluding hydrogens is 458 g/mol. The molecule has 2 rings (SSSR count). The Bertz CT molecular complexity index is 695. The van der Waals surface area contributed by atoms with E-state index in [-0.39, 0.29) is 11.9 Å². The van der Waals surface area contributed by atoms with E-state index in [1.165, 1.54) is 24.0 Å². The van der Waals surface area contributed by atoms with Gasteiger partial charge in [-0.05, 0) is 38.4 Å². The van der Waals surface area contributed by atoms with Crippen molar-refractivity contribution in [3.05, 3.63) is 71.8 Å². The van der Waals surface area contributed by atoms with E-state index in [4.69, 9.17) is 4.74 Å². The Morgan fingerprint density at radius 2 is 1.29 bits per heavy atom. The van der Waals surface area contributed by atoms with Crippen LogP contribution in [0.4, 0.5) is 0 Å². The van der Waals surface area contributed by atoms with Gasteiger partial charge in [0.05, 0.1) is 19.8 Å². The van der Waals surface area contributed by atoms with Crippen molar-refractivity contribution in [3.63, 3.8) is 0 Å². The first kappa shape index (κ1) is 28.8. The van der Waals surface area contributed by atoms with E-state index in [0.717, 1.165) is 6.54 Å². The lowest BCUT2D eigenvalue weighted by Gasteiger charge is -2.15. The molecule has 0 aliphatic rings. The van der Waals surface area contributed by atoms with Crippen LogP contribution in [0.25, 0.3) is 0 Å². The molecule has 0 atom stereocenters. The summed E-state index contributed by atoms with van der Waals surface area (Å²) >= 11 is 2.94. The number of ether oxygens (including phenoxy) is 2. The van der Waals surface area contributed by atoms with Crippen LogP contribution in [0.5, 0.6) is 0 Å². The predicted molar refractivity (Wildman–Crippen MR) is 130 cm³/mol. The van der Waals surface area contributed by atoms with Crippen LogP contribution >= 0.6 is 15.9 Å². The highest BCUT2D eigenvalue weighted by atomic mass is 79.9. The molecule has 2 aromatic rings. The summed E-state index contributed by atoms with van der Waals surface area (Å²) in [6, 6.07) is 20.6. The standard InChI is InChI=1S/C12H17NO2.C9H12.C4H7BrO2/c1-3-15-12(14)10-13(2)9-11-7-5-4-6-8-11;1-2-6-9-7-4-3-5-8-9;1-2-7-4(6)3-5/h4-8H,3,9-10H2,1-2H3;3-5,7-8H,2,6H2,1H3;2-3H2,1H3. The molecule has 0 saturated carbocycles. The number of carbonyl (C=O) groups excluding carboxylic acids is 2. The number of hydrogen-bond donors (Lipinski definition) is 0. The van der Waals surface area contributed by atoms with E-state index in [2.05, 4.69) is 57.9 Å². The van der Waals surface area contributed by atoms with Gasteiger partial charge in [0.15, 0.2) is 0 Å². The molecule has 0 aromatic heterocycles. The topological polar surface area (TPSA) is 55.8 Å². The molecule has 31 heavy (non-hydrogen) atoms. The fourth-order valence-corrected chi connectivity index (χ4v) is 2.67. The van der Waals surface area contributed by atoms with Crippen molar-refractivity contribution in [3.8, 4) is 0 Å². The number of halogens is 1. The number of likely N-dealkylation sites (N-methyl/N-ethyl adjacent to an activating group) is 1. The molecule has 5 nitrogen and oxygen atoms in total. The van der Waals surface area contributed by atoms with Gasteiger partial charge in [-0.15, -0.1) is 0 Å². The van der Waals surface area contributed by atoms with E-state index >= 15 is 0 Å². The minimum Gasteiger partial charge on any atom is -0.465 e. The maximum Gasteiger partial charge on any atom is 0.320 e. The van der Waals surface area contributed by atoms with Gasteiger partial charge in [0.25, 0.3) is 0 Å². The number of benzene rings is 2. The summed E-state index contributed by atoms with van der Waals surface area (Å²) in [4.78, 5) is 23.3. The number of carbonyl (C=O) groups is 2. The summed E-state index contributed by atoms with van der Waals surface area (Å²) < 4.78 is 9.37. The molecule has 0 N–H and O–H groups in total. The second-order valence-electron chi connectivity index (χ2n) is 6.64. The second-order valence-corrected chi connectivity index (χ2v) is 7.20. The average molecular weight is 494 g/mol. The number of nitrogens with zero attached hydrogens (tertiary/aromatic N) is 1. The molecule has 0 spiro atoms. The number of aryl methyl sites for hydroxylation is 1. The lowest BCUT2D eigenvalue weighted by Crippen LogP contribution is -2.26. The molecule has 2 aromatic carbocycles. The summed E-state index contributed by atoms with van der Waals surface area (Å²) in [5.41, 5.74) is 2.64. The van der Waals surface area contributed by atoms with Crippen molar-refractivity contribution < 1.29 is 19.1 Å². The molecule has 0 unspecified atom stereocenters. The molecule has 0 radical (unpaired) electrons. The van der Waals surface area contributed by atoms with Gasteiger partial charge in [0, 0.05) is 6.54 Å². The zero-order chi connectivity index (χ0) is 23.3. The highest BCUT2D eigenvalue weighted by Gasteiger charge is 2.06. The zero-order valence-corrected chi connectivity index (χ0v) is 20.8. The Labute approximate surface area is 195 Å². The van der Waals surface area contributed by atoms with Crippen molar-refractivity contribution in [2.45, 2.75) is 40.2 Å². The fourth-order valence-electron chi connectivity index (χ4n) is 2.51. The van der Waals surface area contributed by atoms with Crippen LogP contribution in [0.1, 0.15) is 38.3 Å². The average Bonchev–Trinajstić information content (AvgIpc) is 2.76. The lowest BCUT2D eigenvalue weighted by atomic mass is 10.1. The Kier molecular flexibility index (Phi) is 18.4. The minimum absolute atomic E-state index is 0.170. The first-order valence-corrected chi connectivity index (χ1v) is 11.7. The molecule has 0 aliphatic carbocycles. The van der Waals surface area contributed by atoms with E-state index < -0.39 is 0 Å². The van der Waals surface area contributed by atoms with Crippen LogP contribution < -0.4 is 0 Å². The van der Waals surface area contributed by atoms with Gasteiger partial charge in [-0.3, -0.25) is 14.5 Å². The highest BCUT2D eigenvalue weighted by molar-refractivity contribution is 9.09. The molecule has 0 amide bonds. The zero-order valence-electron chi connectivity index (χ0n) is 19.2. The van der Waals surface area contributed by atoms with Crippen molar-refractivity contribution in [2.75, 3.05) is 32.1 Å². The number of alkyl halides is 1. The van der Waals surface area contributed by atoms with Gasteiger partial charge < -0.3 is 9.47 Å². The second kappa shape index (κ2) is 19.8. The molecule has 0 heterocycles. The molecule has 0 saturated heterocycles. The Morgan fingerprint density at radius 3 is 1.71 bits per heavy atom. The third-order valence-electron chi connectivity index (χ3n) is 3.80. The lowest BCUT2D eigenvalue weighted by molar-refractivity contribution is -0.144. The van der Waals surface area contributed by atoms with Crippen LogP contribution in [-0.4, -0.2) is 49.0 Å². The monoisotopic (exact) mass is 493 g/mol. The first-order valence-electron chi connectivity index (χ1n) is 10.6. The van der Waals surface area contributed by atoms with Crippen LogP contribution in [-0.2, 0) is 32.0 Å². The molecule has 0 aliphatic heterocycles. The van der Waals surface area contributed by atoms with Crippen molar-refractivity contribution in [2.24, 2.45) is 0 Å². The Hall–Kier alpha value is -2.18. The maximum absolute atomic E-state index is 11.2. The predicted octanol–water partition coefficient (Wildman–Crippen LogP) is 5.27. The van der Waals surface area contributed by atoms with E-state index in [1.807, 2.05) is 49.2 Å². The quantitative estimate of drug-likeness (QED) is 0.352. The van der Waals surface area contributed by atoms with Crippen LogP contribution in [0.2, 0.25) is 0 Å². The van der Waals surface area contributed by atoms with Crippen LogP contribution in [0, 0.1) is 0 Å². The number of hydrogen-bond acceptors (Lipinski definition) is 5. The number of rotatable bonds is 9. The van der Waals surface area contributed by atoms with Gasteiger partial charge in [0.2, 0.25) is 0 Å². The summed E-state index contributed by atoms with van der Waals surface area (Å²) in [7, 11) is 1.91. The van der Waals surface area contributed by atoms with E-state index in [0.29, 0.717) is 25.1 Å². The van der Waals surface area contributed by atoms with Crippen molar-refractivity contribution >= 4 is 27.9 Å². The smallest absolute Gasteiger partial charge is 0.320 e. The highest BCUT2D eigenvalue weighted by Crippen LogP contribution is 2.02. The molecular formula is C25H36BrNO4. The number of esters is 2. The fraction of sp³-hybridized carbons (Fsp3) is 0.440. The Balaban J connectivity index is 0.000000479. The molecule has 0 fully saturated rings. The first-order chi connectivity index (χ1) is 15.0. The summed E-state index contributed by atoms with van der Waals surface area (Å²) in [6.45, 7) is 7.80. The maximum atomic E-state index is 11.2. The normalized spacial score (nSPS) is 9.61. The summed E-state index contributed by atoms with van der Waals surface area (Å²) in [5.74, 6) is -0.376. The molecule has 0 bridgehead atoms. The van der Waals surface area contributed by atoms with Crippen molar-refractivity contribution in [1.29, 1.82) is 0 Å². The minimum atomic E-state index is -0.206. The van der Waals surface area contributed by atoms with Gasteiger partial charge >= 0.3 is 11.9 Å². The Morgan fingerprint density at radius 1 is 0.806 bits per heavy atom. The molecule has 172 valence electrons. The van der Waals surface area contributed by atoms with E-state index in [1.54, 1.807) is 6.92 Å². The van der Waals surface area contributed by atoms with Crippen LogP contribution in [0.15, 0.2) is 60.7 Å². The third-order valence-corrected chi connectivity index (χ3v) is 4.25. The molecule has 6 heteroatoms. The van der Waals surface area contributed by atoms with E-state index in [9.17, 15) is 9.59 Å². The van der Waals surface area contributed by atoms with Gasteiger partial charge in [-0.1, -0.05) is 89.9 Å². The largest absolute Gasteiger partial charge is 0.465 e. The summed E-state index contributed by atoms with van der Waals surface area (Å²) in [6.07, 6.45) is 2.45.